The molecule has 1 aliphatic rings. The highest BCUT2D eigenvalue weighted by Crippen LogP contribution is 2.18. The molecule has 3 rings (SSSR count). The number of halogens is 1. The normalized spacial score (nSPS) is 14.5. The van der Waals surface area contributed by atoms with E-state index in [0.29, 0.717) is 44.8 Å². The molecule has 2 amide bonds. The van der Waals surface area contributed by atoms with E-state index in [2.05, 4.69) is 5.32 Å². The van der Waals surface area contributed by atoms with Gasteiger partial charge in [0.1, 0.15) is 0 Å². The van der Waals surface area contributed by atoms with Gasteiger partial charge in [-0.25, -0.2) is 4.39 Å². The number of piperazine rings is 1. The third-order valence-electron chi connectivity index (χ3n) is 5.00. The van der Waals surface area contributed by atoms with Crippen LogP contribution in [0.5, 0.6) is 5.75 Å². The van der Waals surface area contributed by atoms with Crippen molar-refractivity contribution in [1.29, 1.82) is 0 Å². The van der Waals surface area contributed by atoms with Crippen molar-refractivity contribution in [1.82, 2.24) is 15.1 Å². The van der Waals surface area contributed by atoms with E-state index < -0.39 is 5.82 Å². The third kappa shape index (κ3) is 6.02. The van der Waals surface area contributed by atoms with E-state index >= 15 is 0 Å². The molecule has 1 aliphatic heterocycles. The lowest BCUT2D eigenvalue weighted by Crippen LogP contribution is -2.51. The van der Waals surface area contributed by atoms with Gasteiger partial charge >= 0.3 is 0 Å². The first-order valence-electron chi connectivity index (χ1n) is 9.68. The van der Waals surface area contributed by atoms with E-state index in [4.69, 9.17) is 4.74 Å². The number of nitrogens with zero attached hydrogens (tertiary/aromatic N) is 2. The van der Waals surface area contributed by atoms with Crippen LogP contribution in [0, 0.1) is 5.82 Å². The lowest BCUT2D eigenvalue weighted by Gasteiger charge is -2.34. The summed E-state index contributed by atoms with van der Waals surface area (Å²) in [7, 11) is 1.41. The number of nitrogens with one attached hydrogen (secondary N) is 1. The Bertz CT molecular complexity index is 836. The van der Waals surface area contributed by atoms with Crippen molar-refractivity contribution in [2.75, 3.05) is 39.8 Å². The fourth-order valence-electron chi connectivity index (χ4n) is 3.32. The second kappa shape index (κ2) is 10.0. The van der Waals surface area contributed by atoms with E-state index in [1.54, 1.807) is 11.0 Å². The van der Waals surface area contributed by atoms with Crippen LogP contribution in [0.3, 0.4) is 0 Å². The third-order valence-corrected chi connectivity index (χ3v) is 5.00. The highest BCUT2D eigenvalue weighted by Gasteiger charge is 2.22. The molecular formula is C22H26FN3O3. The Morgan fingerprint density at radius 3 is 2.41 bits per heavy atom. The monoisotopic (exact) mass is 399 g/mol. The minimum Gasteiger partial charge on any atom is -0.494 e. The van der Waals surface area contributed by atoms with Crippen molar-refractivity contribution < 1.29 is 18.7 Å². The molecule has 0 saturated carbocycles. The molecule has 0 atom stereocenters. The molecule has 1 saturated heterocycles. The standard InChI is InChI=1S/C22H26FN3O3/c1-29-20-8-7-18(13-19(20)23)14-22(28)26-11-9-25(10-12-26)16-21(27)24-15-17-5-3-2-4-6-17/h2-8,13H,9-12,14-16H2,1H3,(H,24,27). The van der Waals surface area contributed by atoms with Crippen molar-refractivity contribution in [2.24, 2.45) is 0 Å². The number of ether oxygens (including phenoxy) is 1. The Balaban J connectivity index is 1.41. The second-order valence-corrected chi connectivity index (χ2v) is 7.06. The van der Waals surface area contributed by atoms with Crippen LogP contribution in [0.15, 0.2) is 48.5 Å². The first kappa shape index (κ1) is 20.8. The first-order chi connectivity index (χ1) is 14.0. The van der Waals surface area contributed by atoms with Crippen LogP contribution in [0.2, 0.25) is 0 Å². The van der Waals surface area contributed by atoms with Crippen molar-refractivity contribution in [2.45, 2.75) is 13.0 Å². The predicted octanol–water partition coefficient (Wildman–Crippen LogP) is 1.84. The largest absolute Gasteiger partial charge is 0.494 e. The van der Waals surface area contributed by atoms with Gasteiger partial charge in [0.25, 0.3) is 0 Å². The quantitative estimate of drug-likeness (QED) is 0.772. The molecule has 2 aromatic rings. The summed E-state index contributed by atoms with van der Waals surface area (Å²) >= 11 is 0. The van der Waals surface area contributed by atoms with Crippen LogP contribution in [0.4, 0.5) is 4.39 Å². The predicted molar refractivity (Wildman–Crippen MR) is 108 cm³/mol. The van der Waals surface area contributed by atoms with Gasteiger partial charge in [0.15, 0.2) is 11.6 Å². The van der Waals surface area contributed by atoms with Gasteiger partial charge in [-0.1, -0.05) is 36.4 Å². The zero-order chi connectivity index (χ0) is 20.6. The maximum atomic E-state index is 13.8. The Hall–Kier alpha value is -2.93. The molecule has 0 aliphatic carbocycles. The summed E-state index contributed by atoms with van der Waals surface area (Å²) < 4.78 is 18.7. The zero-order valence-electron chi connectivity index (χ0n) is 16.6. The zero-order valence-corrected chi connectivity index (χ0v) is 16.6. The van der Waals surface area contributed by atoms with Crippen LogP contribution >= 0.6 is 0 Å². The molecule has 1 N–H and O–H groups in total. The van der Waals surface area contributed by atoms with Crippen LogP contribution in [0.1, 0.15) is 11.1 Å². The smallest absolute Gasteiger partial charge is 0.234 e. The summed E-state index contributed by atoms with van der Waals surface area (Å²) in [5.74, 6) is -0.366. The number of hydrogen-bond donors (Lipinski definition) is 1. The van der Waals surface area contributed by atoms with Gasteiger partial charge in [0, 0.05) is 32.7 Å². The SMILES string of the molecule is COc1ccc(CC(=O)N2CCN(CC(=O)NCc3ccccc3)CC2)cc1F. The molecule has 0 aromatic heterocycles. The average Bonchev–Trinajstić information content (AvgIpc) is 2.74. The summed E-state index contributed by atoms with van der Waals surface area (Å²) in [6.45, 7) is 3.23. The van der Waals surface area contributed by atoms with Crippen molar-refractivity contribution in [3.8, 4) is 5.75 Å². The maximum Gasteiger partial charge on any atom is 0.234 e. The molecular weight excluding hydrogens is 373 g/mol. The summed E-state index contributed by atoms with van der Waals surface area (Å²) in [5, 5.41) is 2.92. The minimum absolute atomic E-state index is 0.0256. The molecule has 1 heterocycles. The molecule has 0 unspecified atom stereocenters. The summed E-state index contributed by atoms with van der Waals surface area (Å²) in [5.41, 5.74) is 1.68. The van der Waals surface area contributed by atoms with Gasteiger partial charge in [-0.2, -0.15) is 0 Å². The van der Waals surface area contributed by atoms with E-state index in [0.717, 1.165) is 5.56 Å². The topological polar surface area (TPSA) is 61.9 Å². The number of amides is 2. The average molecular weight is 399 g/mol. The molecule has 7 heteroatoms. The minimum atomic E-state index is -0.468. The molecule has 0 radical (unpaired) electrons. The lowest BCUT2D eigenvalue weighted by atomic mass is 10.1. The van der Waals surface area contributed by atoms with E-state index in [-0.39, 0.29) is 24.0 Å². The molecule has 0 spiro atoms. The number of carbonyl (C=O) groups is 2. The Morgan fingerprint density at radius 1 is 1.03 bits per heavy atom. The van der Waals surface area contributed by atoms with Crippen LogP contribution in [-0.4, -0.2) is 61.4 Å². The number of carbonyl (C=O) groups excluding carboxylic acids is 2. The number of hydrogen-bond acceptors (Lipinski definition) is 4. The van der Waals surface area contributed by atoms with Gasteiger partial charge in [-0.05, 0) is 23.3 Å². The highest BCUT2D eigenvalue weighted by molar-refractivity contribution is 5.79. The number of rotatable bonds is 7. The van der Waals surface area contributed by atoms with Gasteiger partial charge in [-0.15, -0.1) is 0 Å². The van der Waals surface area contributed by atoms with E-state index in [1.165, 1.54) is 19.2 Å². The van der Waals surface area contributed by atoms with Crippen molar-refractivity contribution >= 4 is 11.8 Å². The van der Waals surface area contributed by atoms with Gasteiger partial charge < -0.3 is 15.0 Å². The summed E-state index contributed by atoms with van der Waals surface area (Å²) in [6, 6.07) is 14.3. The van der Waals surface area contributed by atoms with Crippen molar-refractivity contribution in [3.05, 3.63) is 65.5 Å². The van der Waals surface area contributed by atoms with Crippen LogP contribution in [-0.2, 0) is 22.6 Å². The second-order valence-electron chi connectivity index (χ2n) is 7.06. The molecule has 6 nitrogen and oxygen atoms in total. The van der Waals surface area contributed by atoms with E-state index in [1.807, 2.05) is 35.2 Å². The molecule has 2 aromatic carbocycles. The summed E-state index contributed by atoms with van der Waals surface area (Å²) in [4.78, 5) is 28.4. The molecule has 154 valence electrons. The Labute approximate surface area is 170 Å². The first-order valence-corrected chi connectivity index (χ1v) is 9.68. The van der Waals surface area contributed by atoms with Gasteiger partial charge in [0.2, 0.25) is 11.8 Å². The lowest BCUT2D eigenvalue weighted by molar-refractivity contribution is -0.132. The molecule has 1 fully saturated rings. The Kier molecular flexibility index (Phi) is 7.19. The summed E-state index contributed by atoms with van der Waals surface area (Å²) in [6.07, 6.45) is 0.151. The van der Waals surface area contributed by atoms with Crippen LogP contribution in [0.25, 0.3) is 0 Å². The van der Waals surface area contributed by atoms with Gasteiger partial charge in [-0.3, -0.25) is 14.5 Å². The fraction of sp³-hybridized carbons (Fsp3) is 0.364. The van der Waals surface area contributed by atoms with E-state index in [9.17, 15) is 14.0 Å². The molecule has 0 bridgehead atoms. The number of methoxy groups -OCH3 is 1. The van der Waals surface area contributed by atoms with Crippen molar-refractivity contribution in [3.63, 3.8) is 0 Å². The van der Waals surface area contributed by atoms with Crippen LogP contribution < -0.4 is 10.1 Å². The molecule has 29 heavy (non-hydrogen) atoms. The Morgan fingerprint density at radius 2 is 1.76 bits per heavy atom. The maximum absolute atomic E-state index is 13.8. The van der Waals surface area contributed by atoms with Gasteiger partial charge in [0.05, 0.1) is 20.1 Å². The highest BCUT2D eigenvalue weighted by atomic mass is 19.1. The fourth-order valence-corrected chi connectivity index (χ4v) is 3.32. The number of benzene rings is 2.